The van der Waals surface area contributed by atoms with Gasteiger partial charge >= 0.3 is 0 Å². The van der Waals surface area contributed by atoms with Crippen LogP contribution in [0.1, 0.15) is 11.1 Å². The van der Waals surface area contributed by atoms with Crippen molar-refractivity contribution in [1.29, 1.82) is 0 Å². The highest BCUT2D eigenvalue weighted by atomic mass is 14.9. The maximum absolute atomic E-state index is 3.84. The van der Waals surface area contributed by atoms with Crippen LogP contribution >= 0.6 is 0 Å². The molecular formula is C17H15N. The molecule has 3 aromatic rings. The minimum atomic E-state index is 1.15. The Morgan fingerprint density at radius 3 is 1.67 bits per heavy atom. The zero-order valence-electron chi connectivity index (χ0n) is 10.5. The number of hydrogen-bond donors (Lipinski definition) is 0. The molecule has 0 aliphatic carbocycles. The molecule has 18 heavy (non-hydrogen) atoms. The molecule has 0 aliphatic rings. The van der Waals surface area contributed by atoms with Crippen LogP contribution in [0.25, 0.3) is 34.0 Å². The molecule has 0 amide bonds. The third-order valence-corrected chi connectivity index (χ3v) is 3.53. The summed E-state index contributed by atoms with van der Waals surface area (Å²) in [6.07, 6.45) is 3.77. The highest BCUT2D eigenvalue weighted by Crippen LogP contribution is 2.30. The van der Waals surface area contributed by atoms with Crippen LogP contribution < -0.4 is 0 Å². The summed E-state index contributed by atoms with van der Waals surface area (Å²) in [5, 5.41) is 2.54. The number of benzene rings is 2. The molecule has 1 nitrogen and oxygen atoms in total. The third-order valence-electron chi connectivity index (χ3n) is 3.53. The van der Waals surface area contributed by atoms with Crippen LogP contribution in [0.5, 0.6) is 0 Å². The molecule has 0 fully saturated rings. The minimum absolute atomic E-state index is 1.15. The van der Waals surface area contributed by atoms with Gasteiger partial charge < -0.3 is 4.57 Å². The van der Waals surface area contributed by atoms with Crippen LogP contribution in [-0.4, -0.2) is 4.57 Å². The molecule has 1 heterocycles. The van der Waals surface area contributed by atoms with Gasteiger partial charge in [0.1, 0.15) is 0 Å². The molecule has 0 unspecified atom stereocenters. The van der Waals surface area contributed by atoms with Crippen LogP contribution in [-0.2, 0) is 7.05 Å². The number of aromatic nitrogens is 1. The first-order valence-electron chi connectivity index (χ1n) is 6.01. The molecule has 1 heteroatoms. The van der Waals surface area contributed by atoms with Gasteiger partial charge in [-0.25, -0.2) is 0 Å². The average Bonchev–Trinajstić information content (AvgIpc) is 2.71. The van der Waals surface area contributed by atoms with Crippen LogP contribution in [0.2, 0.25) is 0 Å². The van der Waals surface area contributed by atoms with E-state index in [-0.39, 0.29) is 0 Å². The summed E-state index contributed by atoms with van der Waals surface area (Å²) in [5.41, 5.74) is 4.80. The Hall–Kier alpha value is -2.28. The van der Waals surface area contributed by atoms with Gasteiger partial charge in [-0.1, -0.05) is 37.4 Å². The lowest BCUT2D eigenvalue weighted by Crippen LogP contribution is -1.86. The van der Waals surface area contributed by atoms with E-state index in [1.54, 1.807) is 0 Å². The van der Waals surface area contributed by atoms with Crippen molar-refractivity contribution in [2.24, 2.45) is 7.05 Å². The fourth-order valence-electron chi connectivity index (χ4n) is 2.51. The zero-order chi connectivity index (χ0) is 12.7. The standard InChI is InChI=1S/C17H15N/c1-4-12-6-8-16-14(10-12)15-11-13(5-2)7-9-17(15)18(16)3/h4-11H,1-2H2,3H3. The van der Waals surface area contributed by atoms with Crippen LogP contribution in [0.15, 0.2) is 49.6 Å². The van der Waals surface area contributed by atoms with Gasteiger partial charge in [0.25, 0.3) is 0 Å². The van der Waals surface area contributed by atoms with Gasteiger partial charge in [-0.15, -0.1) is 0 Å². The van der Waals surface area contributed by atoms with Crippen LogP contribution in [0, 0.1) is 0 Å². The van der Waals surface area contributed by atoms with Crippen molar-refractivity contribution in [2.75, 3.05) is 0 Å². The van der Waals surface area contributed by atoms with Crippen molar-refractivity contribution in [3.63, 3.8) is 0 Å². The summed E-state index contributed by atoms with van der Waals surface area (Å²) in [7, 11) is 2.10. The quantitative estimate of drug-likeness (QED) is 0.608. The Bertz CT molecular complexity index is 710. The van der Waals surface area contributed by atoms with E-state index < -0.39 is 0 Å². The second-order valence-electron chi connectivity index (χ2n) is 4.52. The predicted molar refractivity (Wildman–Crippen MR) is 80.6 cm³/mol. The van der Waals surface area contributed by atoms with Crippen molar-refractivity contribution in [1.82, 2.24) is 4.57 Å². The molecule has 0 spiro atoms. The predicted octanol–water partition coefficient (Wildman–Crippen LogP) is 4.62. The molecule has 0 bridgehead atoms. The largest absolute Gasteiger partial charge is 0.344 e. The van der Waals surface area contributed by atoms with Gasteiger partial charge in [-0.3, -0.25) is 0 Å². The first kappa shape index (κ1) is 10.8. The molecule has 1 aromatic heterocycles. The number of nitrogens with zero attached hydrogens (tertiary/aromatic N) is 1. The smallest absolute Gasteiger partial charge is 0.0489 e. The van der Waals surface area contributed by atoms with Crippen molar-refractivity contribution in [3.05, 3.63) is 60.7 Å². The Kier molecular flexibility index (Phi) is 2.34. The van der Waals surface area contributed by atoms with Gasteiger partial charge in [-0.2, -0.15) is 0 Å². The molecule has 0 atom stereocenters. The molecular weight excluding hydrogens is 218 g/mol. The van der Waals surface area contributed by atoms with Gasteiger partial charge in [0.15, 0.2) is 0 Å². The van der Waals surface area contributed by atoms with Crippen molar-refractivity contribution in [2.45, 2.75) is 0 Å². The molecule has 0 saturated carbocycles. The highest BCUT2D eigenvalue weighted by molar-refractivity contribution is 6.09. The average molecular weight is 233 g/mol. The summed E-state index contributed by atoms with van der Waals surface area (Å²) in [4.78, 5) is 0. The first-order valence-corrected chi connectivity index (χ1v) is 6.01. The van der Waals surface area contributed by atoms with E-state index >= 15 is 0 Å². The summed E-state index contributed by atoms with van der Waals surface area (Å²) < 4.78 is 2.23. The highest BCUT2D eigenvalue weighted by Gasteiger charge is 2.08. The minimum Gasteiger partial charge on any atom is -0.344 e. The molecule has 0 aliphatic heterocycles. The summed E-state index contributed by atoms with van der Waals surface area (Å²) in [6.45, 7) is 7.67. The fraction of sp³-hybridized carbons (Fsp3) is 0.0588. The van der Waals surface area contributed by atoms with Crippen molar-refractivity contribution in [3.8, 4) is 0 Å². The maximum Gasteiger partial charge on any atom is 0.0489 e. The normalized spacial score (nSPS) is 10.9. The number of rotatable bonds is 2. The topological polar surface area (TPSA) is 4.93 Å². The molecule has 2 aromatic carbocycles. The van der Waals surface area contributed by atoms with Crippen LogP contribution in [0.4, 0.5) is 0 Å². The van der Waals surface area contributed by atoms with E-state index in [4.69, 9.17) is 0 Å². The number of fused-ring (bicyclic) bond motifs is 3. The van der Waals surface area contributed by atoms with E-state index in [9.17, 15) is 0 Å². The molecule has 0 N–H and O–H groups in total. The Balaban J connectivity index is 2.51. The lowest BCUT2D eigenvalue weighted by Gasteiger charge is -1.98. The van der Waals surface area contributed by atoms with E-state index in [0.717, 1.165) is 11.1 Å². The molecule has 0 radical (unpaired) electrons. The van der Waals surface area contributed by atoms with Crippen molar-refractivity contribution < 1.29 is 0 Å². The second-order valence-corrected chi connectivity index (χ2v) is 4.52. The third kappa shape index (κ3) is 1.41. The summed E-state index contributed by atoms with van der Waals surface area (Å²) >= 11 is 0. The van der Waals surface area contributed by atoms with Gasteiger partial charge in [0.2, 0.25) is 0 Å². The van der Waals surface area contributed by atoms with Gasteiger partial charge in [-0.05, 0) is 35.4 Å². The zero-order valence-corrected chi connectivity index (χ0v) is 10.5. The van der Waals surface area contributed by atoms with Gasteiger partial charge in [0, 0.05) is 28.9 Å². The lowest BCUT2D eigenvalue weighted by molar-refractivity contribution is 1.01. The Labute approximate surface area is 107 Å². The SMILES string of the molecule is C=Cc1ccc2c(c1)c1cc(C=C)ccc1n2C. The lowest BCUT2D eigenvalue weighted by atomic mass is 10.1. The number of hydrogen-bond acceptors (Lipinski definition) is 0. The summed E-state index contributed by atoms with van der Waals surface area (Å²) in [5.74, 6) is 0. The number of aryl methyl sites for hydroxylation is 1. The first-order chi connectivity index (χ1) is 8.74. The summed E-state index contributed by atoms with van der Waals surface area (Å²) in [6, 6.07) is 12.9. The maximum atomic E-state index is 3.84. The molecule has 88 valence electrons. The van der Waals surface area contributed by atoms with E-state index in [1.165, 1.54) is 21.8 Å². The van der Waals surface area contributed by atoms with E-state index in [2.05, 4.69) is 61.2 Å². The molecule has 3 rings (SSSR count). The Morgan fingerprint density at radius 1 is 0.833 bits per heavy atom. The van der Waals surface area contributed by atoms with Crippen molar-refractivity contribution >= 4 is 34.0 Å². The van der Waals surface area contributed by atoms with E-state index in [0.29, 0.717) is 0 Å². The Morgan fingerprint density at radius 2 is 1.28 bits per heavy atom. The van der Waals surface area contributed by atoms with Crippen LogP contribution in [0.3, 0.4) is 0 Å². The van der Waals surface area contributed by atoms with Gasteiger partial charge in [0.05, 0.1) is 0 Å². The second kappa shape index (κ2) is 3.88. The monoisotopic (exact) mass is 233 g/mol. The molecule has 0 saturated heterocycles. The van der Waals surface area contributed by atoms with E-state index in [1.807, 2.05) is 12.2 Å². The fourth-order valence-corrected chi connectivity index (χ4v) is 2.51.